The van der Waals surface area contributed by atoms with Crippen LogP contribution in [-0.4, -0.2) is 47.0 Å². The summed E-state index contributed by atoms with van der Waals surface area (Å²) >= 11 is 0. The number of nitrogens with zero attached hydrogens (tertiary/aromatic N) is 4. The zero-order valence-corrected chi connectivity index (χ0v) is 16.8. The molecule has 150 valence electrons. The summed E-state index contributed by atoms with van der Waals surface area (Å²) in [5.41, 5.74) is 2.14. The van der Waals surface area contributed by atoms with Gasteiger partial charge in [-0.3, -0.25) is 4.79 Å². The number of hydrogen-bond donors (Lipinski definition) is 1. The Morgan fingerprint density at radius 2 is 1.76 bits per heavy atom. The number of carbonyl (C=O) groups excluding carboxylic acids is 1. The number of para-hydroxylation sites is 1. The maximum atomic E-state index is 12.1. The van der Waals surface area contributed by atoms with Crippen molar-refractivity contribution in [2.75, 3.05) is 36.4 Å². The van der Waals surface area contributed by atoms with Crippen LogP contribution in [-0.2, 0) is 11.3 Å². The molecule has 3 aromatic rings. The minimum absolute atomic E-state index is 0.219. The second-order valence-electron chi connectivity index (χ2n) is 7.30. The summed E-state index contributed by atoms with van der Waals surface area (Å²) in [7, 11) is 0. The Morgan fingerprint density at radius 3 is 2.59 bits per heavy atom. The molecule has 4 rings (SSSR count). The lowest BCUT2D eigenvalue weighted by Crippen LogP contribution is -2.35. The average Bonchev–Trinajstić information content (AvgIpc) is 3.04. The topological polar surface area (TPSA) is 61.4 Å². The second-order valence-corrected chi connectivity index (χ2v) is 7.30. The number of benzene rings is 2. The molecule has 1 N–H and O–H groups in total. The van der Waals surface area contributed by atoms with Crippen LogP contribution in [0, 0.1) is 0 Å². The Labute approximate surface area is 171 Å². The zero-order valence-electron chi connectivity index (χ0n) is 16.8. The van der Waals surface area contributed by atoms with Crippen LogP contribution in [0.2, 0.25) is 0 Å². The molecule has 1 fully saturated rings. The summed E-state index contributed by atoms with van der Waals surface area (Å²) in [6.07, 6.45) is 1.48. The van der Waals surface area contributed by atoms with Gasteiger partial charge >= 0.3 is 0 Å². The molecule has 6 heteroatoms. The van der Waals surface area contributed by atoms with E-state index in [1.807, 2.05) is 48.2 Å². The van der Waals surface area contributed by atoms with E-state index in [1.165, 1.54) is 5.56 Å². The van der Waals surface area contributed by atoms with Gasteiger partial charge in [-0.2, -0.15) is 4.98 Å². The molecule has 0 radical (unpaired) electrons. The largest absolute Gasteiger partial charge is 0.365 e. The highest BCUT2D eigenvalue weighted by molar-refractivity contribution is 5.90. The van der Waals surface area contributed by atoms with Gasteiger partial charge in [0.1, 0.15) is 5.82 Å². The molecule has 1 saturated heterocycles. The first-order valence-corrected chi connectivity index (χ1v) is 10.3. The van der Waals surface area contributed by atoms with Crippen LogP contribution < -0.4 is 10.2 Å². The van der Waals surface area contributed by atoms with E-state index < -0.39 is 0 Å². The van der Waals surface area contributed by atoms with Crippen LogP contribution in [0.1, 0.15) is 25.3 Å². The van der Waals surface area contributed by atoms with E-state index in [-0.39, 0.29) is 5.91 Å². The van der Waals surface area contributed by atoms with E-state index >= 15 is 0 Å². The van der Waals surface area contributed by atoms with E-state index in [4.69, 9.17) is 9.97 Å². The maximum absolute atomic E-state index is 12.1. The molecule has 0 aliphatic carbocycles. The summed E-state index contributed by atoms with van der Waals surface area (Å²) in [6.45, 7) is 5.75. The predicted molar refractivity (Wildman–Crippen MR) is 117 cm³/mol. The fourth-order valence-corrected chi connectivity index (χ4v) is 3.71. The molecule has 1 amide bonds. The number of fused-ring (bicyclic) bond motifs is 1. The van der Waals surface area contributed by atoms with Crippen molar-refractivity contribution >= 4 is 28.6 Å². The Hall–Kier alpha value is -3.15. The van der Waals surface area contributed by atoms with Crippen molar-refractivity contribution in [3.05, 3.63) is 60.2 Å². The van der Waals surface area contributed by atoms with Gasteiger partial charge in [-0.1, -0.05) is 49.4 Å². The molecule has 2 heterocycles. The van der Waals surface area contributed by atoms with Crippen molar-refractivity contribution in [3.63, 3.8) is 0 Å². The Morgan fingerprint density at radius 1 is 0.966 bits per heavy atom. The van der Waals surface area contributed by atoms with E-state index in [0.717, 1.165) is 55.3 Å². The fourth-order valence-electron chi connectivity index (χ4n) is 3.71. The molecule has 2 aromatic carbocycles. The quantitative estimate of drug-likeness (QED) is 0.721. The average molecular weight is 390 g/mol. The van der Waals surface area contributed by atoms with Gasteiger partial charge in [0.15, 0.2) is 0 Å². The third-order valence-corrected chi connectivity index (χ3v) is 5.33. The van der Waals surface area contributed by atoms with Gasteiger partial charge in [-0.25, -0.2) is 4.98 Å². The summed E-state index contributed by atoms with van der Waals surface area (Å²) in [6, 6.07) is 18.4. The maximum Gasteiger partial charge on any atom is 0.227 e. The number of hydrogen-bond acceptors (Lipinski definition) is 5. The molecule has 0 spiro atoms. The minimum Gasteiger partial charge on any atom is -0.365 e. The lowest BCUT2D eigenvalue weighted by Gasteiger charge is -2.23. The third kappa shape index (κ3) is 4.47. The molecular weight excluding hydrogens is 362 g/mol. The van der Waals surface area contributed by atoms with Gasteiger partial charge in [-0.05, 0) is 24.1 Å². The van der Waals surface area contributed by atoms with E-state index in [1.54, 1.807) is 0 Å². The molecule has 29 heavy (non-hydrogen) atoms. The molecular formula is C23H27N5O. The molecule has 1 aliphatic rings. The van der Waals surface area contributed by atoms with Crippen molar-refractivity contribution < 1.29 is 4.79 Å². The van der Waals surface area contributed by atoms with Crippen LogP contribution >= 0.6 is 0 Å². The first kappa shape index (κ1) is 19.2. The Kier molecular flexibility index (Phi) is 5.89. The number of nitrogens with one attached hydrogen (secondary N) is 1. The standard InChI is InChI=1S/C23H27N5O/c1-2-21(29)27-13-8-14-28(16-15-27)23-25-20-12-7-6-11-19(20)22(26-23)24-17-18-9-4-3-5-10-18/h3-7,9-12H,2,8,13-17H2,1H3,(H,24,25,26). The van der Waals surface area contributed by atoms with Crippen LogP contribution in [0.25, 0.3) is 10.9 Å². The first-order valence-electron chi connectivity index (χ1n) is 10.3. The van der Waals surface area contributed by atoms with Crippen molar-refractivity contribution in [2.24, 2.45) is 0 Å². The predicted octanol–water partition coefficient (Wildman–Crippen LogP) is 3.69. The number of aromatic nitrogens is 2. The van der Waals surface area contributed by atoms with Crippen LogP contribution in [0.15, 0.2) is 54.6 Å². The summed E-state index contributed by atoms with van der Waals surface area (Å²) in [5, 5.41) is 4.51. The summed E-state index contributed by atoms with van der Waals surface area (Å²) in [5.74, 6) is 1.79. The van der Waals surface area contributed by atoms with E-state index in [0.29, 0.717) is 13.0 Å². The van der Waals surface area contributed by atoms with Gasteiger partial charge in [0.25, 0.3) is 0 Å². The van der Waals surface area contributed by atoms with Gasteiger partial charge in [0.2, 0.25) is 11.9 Å². The highest BCUT2D eigenvalue weighted by Crippen LogP contribution is 2.24. The number of anilines is 2. The van der Waals surface area contributed by atoms with Gasteiger partial charge in [0.05, 0.1) is 5.52 Å². The third-order valence-electron chi connectivity index (χ3n) is 5.33. The molecule has 6 nitrogen and oxygen atoms in total. The van der Waals surface area contributed by atoms with Crippen molar-refractivity contribution in [3.8, 4) is 0 Å². The molecule has 0 atom stereocenters. The van der Waals surface area contributed by atoms with Crippen molar-refractivity contribution in [2.45, 2.75) is 26.3 Å². The molecule has 0 bridgehead atoms. The van der Waals surface area contributed by atoms with Crippen molar-refractivity contribution in [1.29, 1.82) is 0 Å². The highest BCUT2D eigenvalue weighted by Gasteiger charge is 2.20. The lowest BCUT2D eigenvalue weighted by molar-refractivity contribution is -0.130. The number of carbonyl (C=O) groups is 1. The van der Waals surface area contributed by atoms with Crippen LogP contribution in [0.3, 0.4) is 0 Å². The van der Waals surface area contributed by atoms with E-state index in [9.17, 15) is 4.79 Å². The zero-order chi connectivity index (χ0) is 20.1. The second kappa shape index (κ2) is 8.90. The molecule has 0 unspecified atom stereocenters. The SMILES string of the molecule is CCC(=O)N1CCCN(c2nc(NCc3ccccc3)c3ccccc3n2)CC1. The monoisotopic (exact) mass is 389 g/mol. The number of amides is 1. The fraction of sp³-hybridized carbons (Fsp3) is 0.348. The Bertz CT molecular complexity index is 975. The Balaban J connectivity index is 1.59. The van der Waals surface area contributed by atoms with Gasteiger partial charge in [0, 0.05) is 44.5 Å². The van der Waals surface area contributed by atoms with Crippen LogP contribution in [0.4, 0.5) is 11.8 Å². The first-order chi connectivity index (χ1) is 14.2. The van der Waals surface area contributed by atoms with Gasteiger partial charge < -0.3 is 15.1 Å². The van der Waals surface area contributed by atoms with E-state index in [2.05, 4.69) is 28.4 Å². The van der Waals surface area contributed by atoms with Gasteiger partial charge in [-0.15, -0.1) is 0 Å². The summed E-state index contributed by atoms with van der Waals surface area (Å²) < 4.78 is 0. The normalized spacial score (nSPS) is 14.7. The lowest BCUT2D eigenvalue weighted by atomic mass is 10.2. The molecule has 0 saturated carbocycles. The molecule has 1 aromatic heterocycles. The smallest absolute Gasteiger partial charge is 0.227 e. The molecule has 1 aliphatic heterocycles. The highest BCUT2D eigenvalue weighted by atomic mass is 16.2. The van der Waals surface area contributed by atoms with Crippen molar-refractivity contribution in [1.82, 2.24) is 14.9 Å². The minimum atomic E-state index is 0.219. The summed E-state index contributed by atoms with van der Waals surface area (Å²) in [4.78, 5) is 25.9. The van der Waals surface area contributed by atoms with Crippen LogP contribution in [0.5, 0.6) is 0 Å². The number of rotatable bonds is 5.